The predicted molar refractivity (Wildman–Crippen MR) is 243 cm³/mol. The number of aromatic nitrogens is 3. The zero-order valence-electron chi connectivity index (χ0n) is 49.0. The molecule has 1 aliphatic heterocycles. The summed E-state index contributed by atoms with van der Waals surface area (Å²) in [6.45, 7) is 0.131. The minimum absolute atomic E-state index is 0.155. The van der Waals surface area contributed by atoms with Crippen LogP contribution in [-0.2, 0) is 5.41 Å². The third kappa shape index (κ3) is 6.50. The van der Waals surface area contributed by atoms with Gasteiger partial charge in [-0.15, -0.1) is 0 Å². The van der Waals surface area contributed by atoms with Gasteiger partial charge in [-0.3, -0.25) is 9.55 Å². The first-order valence-corrected chi connectivity index (χ1v) is 18.7. The van der Waals surface area contributed by atoms with E-state index < -0.39 is 119 Å². The molecular formula is C53H43N5O+2. The number of pyridine rings is 2. The first-order chi connectivity index (χ1) is 35.7. The van der Waals surface area contributed by atoms with Crippen molar-refractivity contribution < 1.29 is 28.0 Å². The van der Waals surface area contributed by atoms with Crippen molar-refractivity contribution in [1.29, 1.82) is 0 Å². The van der Waals surface area contributed by atoms with E-state index in [1.165, 1.54) is 4.58 Å². The van der Waals surface area contributed by atoms with Crippen LogP contribution in [0.1, 0.15) is 60.8 Å². The second-order valence-corrected chi connectivity index (χ2v) is 14.9. The predicted octanol–water partition coefficient (Wildman–Crippen LogP) is 13.5. The van der Waals surface area contributed by atoms with Gasteiger partial charge >= 0.3 is 6.01 Å². The van der Waals surface area contributed by atoms with Crippen molar-refractivity contribution in [2.45, 2.75) is 39.9 Å². The standard InChI is InChI=1S/C53H43N5O/c1-35-16-20-37(21-17-35)43-12-9-13-44(38-22-18-36(2)19-23-38)52(43)57-34-56(47-14-6-7-15-48(47)57)40-10-8-11-41(31-40)59-42-24-25-45-46-27-28-54-33-50(46)58(49(45)32-42)51-30-39(26-29-55-51)53(3,4)5/h6-33H,1-5H3/q+2/i1D3,2D3,9D,12D,13D,16D,17D,18D,19D,20D,21D,22D,23D. The molecule has 0 amide bonds. The van der Waals surface area contributed by atoms with Crippen LogP contribution in [0.2, 0.25) is 0 Å². The van der Waals surface area contributed by atoms with Gasteiger partial charge in [0.05, 0.1) is 49.5 Å². The average Bonchev–Trinajstić information content (AvgIpc) is 3.93. The lowest BCUT2D eigenvalue weighted by Gasteiger charge is -2.20. The van der Waals surface area contributed by atoms with E-state index in [1.807, 2.05) is 34.9 Å². The van der Waals surface area contributed by atoms with Crippen LogP contribution in [0.5, 0.6) is 11.5 Å². The first-order valence-electron chi connectivity index (χ1n) is 27.2. The van der Waals surface area contributed by atoms with E-state index >= 15 is 0 Å². The van der Waals surface area contributed by atoms with Crippen molar-refractivity contribution in [1.82, 2.24) is 23.7 Å². The lowest BCUT2D eigenvalue weighted by Crippen LogP contribution is -2.12. The van der Waals surface area contributed by atoms with E-state index in [4.69, 9.17) is 24.8 Å². The second kappa shape index (κ2) is 14.2. The Labute approximate surface area is 368 Å². The Morgan fingerprint density at radius 2 is 1.34 bits per heavy atom. The molecule has 0 saturated heterocycles. The molecule has 6 nitrogen and oxygen atoms in total. The van der Waals surface area contributed by atoms with Gasteiger partial charge in [0.15, 0.2) is 0 Å². The Bertz CT molecular complexity index is 3890. The fourth-order valence-electron chi connectivity index (χ4n) is 7.26. The van der Waals surface area contributed by atoms with Gasteiger partial charge in [0.1, 0.15) is 17.3 Å². The number of para-hydroxylation sites is 3. The summed E-state index contributed by atoms with van der Waals surface area (Å²) in [4.78, 5) is 9.19. The molecule has 0 spiro atoms. The molecule has 0 radical (unpaired) electrons. The van der Waals surface area contributed by atoms with Crippen molar-refractivity contribution in [3.8, 4) is 39.6 Å². The normalized spacial score (nSPS) is 17.0. The van der Waals surface area contributed by atoms with Crippen LogP contribution >= 0.6 is 0 Å². The fourth-order valence-corrected chi connectivity index (χ4v) is 7.26. The molecule has 6 aromatic carbocycles. The van der Waals surface area contributed by atoms with E-state index in [1.54, 1.807) is 71.7 Å². The van der Waals surface area contributed by atoms with Crippen LogP contribution in [0.25, 0.3) is 49.9 Å². The van der Waals surface area contributed by atoms with Crippen LogP contribution in [0, 0.1) is 13.7 Å². The maximum atomic E-state index is 9.42. The first kappa shape index (κ1) is 21.9. The van der Waals surface area contributed by atoms with Crippen LogP contribution in [0.15, 0.2) is 170 Å². The van der Waals surface area contributed by atoms with E-state index in [2.05, 4.69) is 37.8 Å². The molecule has 0 atom stereocenters. The summed E-state index contributed by atoms with van der Waals surface area (Å²) in [5.74, 6) is 1.53. The van der Waals surface area contributed by atoms with Crippen molar-refractivity contribution in [3.05, 3.63) is 187 Å². The molecule has 10 rings (SSSR count). The molecule has 0 unspecified atom stereocenters. The van der Waals surface area contributed by atoms with Gasteiger partial charge in [-0.2, -0.15) is 0 Å². The second-order valence-electron chi connectivity index (χ2n) is 14.9. The van der Waals surface area contributed by atoms with Gasteiger partial charge in [0.2, 0.25) is 11.4 Å². The van der Waals surface area contributed by atoms with Crippen LogP contribution < -0.4 is 13.9 Å². The van der Waals surface area contributed by atoms with E-state index in [9.17, 15) is 8.22 Å². The molecule has 0 saturated carbocycles. The number of hydrogen-bond acceptors (Lipinski definition) is 3. The molecule has 0 N–H and O–H groups in total. The van der Waals surface area contributed by atoms with Crippen LogP contribution in [-0.4, -0.2) is 20.5 Å². The van der Waals surface area contributed by atoms with E-state index in [-0.39, 0.29) is 11.1 Å². The minimum Gasteiger partial charge on any atom is -0.457 e. The summed E-state index contributed by atoms with van der Waals surface area (Å²) in [6, 6.07) is 18.2. The maximum Gasteiger partial charge on any atom is 0.503 e. The fraction of sp³-hybridized carbons (Fsp3) is 0.113. The average molecular weight is 783 g/mol. The number of benzene rings is 6. The van der Waals surface area contributed by atoms with Gasteiger partial charge in [-0.05, 0) is 93.4 Å². The van der Waals surface area contributed by atoms with E-state index in [0.717, 1.165) is 27.4 Å². The van der Waals surface area contributed by atoms with Crippen LogP contribution in [0.3, 0.4) is 0 Å². The van der Waals surface area contributed by atoms with Crippen LogP contribution in [0.4, 0.5) is 22.7 Å². The lowest BCUT2D eigenvalue weighted by molar-refractivity contribution is 0.483. The largest absolute Gasteiger partial charge is 0.503 e. The van der Waals surface area contributed by atoms with Gasteiger partial charge < -0.3 is 4.74 Å². The summed E-state index contributed by atoms with van der Waals surface area (Å²) in [5.41, 5.74) is -1.14. The Morgan fingerprint density at radius 3 is 2.03 bits per heavy atom. The molecule has 284 valence electrons. The van der Waals surface area contributed by atoms with Crippen molar-refractivity contribution in [2.24, 2.45) is 0 Å². The monoisotopic (exact) mass is 782 g/mol. The molecule has 6 heteroatoms. The Balaban J connectivity index is 1.23. The SMILES string of the molecule is [2H]c1c([2H])c(-c2c([2H])c([2H])c(C([2H])([2H])[2H])c([2H])c2[2H])c([N+]2=C=[N+](c3cccc(Oc4ccc5c6ccncc6n(-c6cc(C(C)(C)C)ccn6)c5c4)c3)c3ccccc32)c(-c2c([2H])c([2H])c(C([2H])([2H])[2H])c([2H])c2[2H])c1[2H]. The van der Waals surface area contributed by atoms with Crippen molar-refractivity contribution in [2.75, 3.05) is 0 Å². The number of ether oxygens (including phenoxy) is 1. The molecule has 59 heavy (non-hydrogen) atoms. The van der Waals surface area contributed by atoms with Gasteiger partial charge in [0, 0.05) is 55.7 Å². The topological polar surface area (TPSA) is 46.0 Å². The summed E-state index contributed by atoms with van der Waals surface area (Å²) in [7, 11) is 0. The number of hydrogen-bond donors (Lipinski definition) is 0. The van der Waals surface area contributed by atoms with Gasteiger partial charge in [0.25, 0.3) is 11.4 Å². The lowest BCUT2D eigenvalue weighted by atomic mass is 9.88. The molecule has 0 aliphatic carbocycles. The molecular weight excluding hydrogens is 723 g/mol. The van der Waals surface area contributed by atoms with Crippen molar-refractivity contribution in [3.63, 3.8) is 0 Å². The Hall–Kier alpha value is -7.40. The summed E-state index contributed by atoms with van der Waals surface area (Å²) in [5, 5.41) is 1.89. The highest BCUT2D eigenvalue weighted by atomic mass is 16.5. The van der Waals surface area contributed by atoms with E-state index in [0.29, 0.717) is 28.7 Å². The van der Waals surface area contributed by atoms with Crippen molar-refractivity contribution >= 4 is 50.6 Å². The number of rotatable bonds is 7. The third-order valence-electron chi connectivity index (χ3n) is 10.1. The summed E-state index contributed by atoms with van der Waals surface area (Å²) >= 11 is 0. The zero-order valence-corrected chi connectivity index (χ0v) is 32.0. The molecule has 0 fully saturated rings. The Morgan fingerprint density at radius 1 is 0.661 bits per heavy atom. The zero-order chi connectivity index (χ0) is 54.8. The minimum atomic E-state index is -3.13. The molecule has 3 aromatic heterocycles. The molecule has 0 bridgehead atoms. The quantitative estimate of drug-likeness (QED) is 0.151. The maximum absolute atomic E-state index is 9.42. The number of nitrogens with zero attached hydrogens (tertiary/aromatic N) is 5. The highest BCUT2D eigenvalue weighted by Crippen LogP contribution is 2.45. The molecule has 9 aromatic rings. The molecule has 4 heterocycles. The molecule has 1 aliphatic rings. The third-order valence-corrected chi connectivity index (χ3v) is 10.1. The number of fused-ring (bicyclic) bond motifs is 4. The Kier molecular flexibility index (Phi) is 5.28. The smallest absolute Gasteiger partial charge is 0.457 e. The summed E-state index contributed by atoms with van der Waals surface area (Å²) in [6.07, 6.45) is 5.30. The van der Waals surface area contributed by atoms with Gasteiger partial charge in [-0.25, -0.2) is 4.98 Å². The summed E-state index contributed by atoms with van der Waals surface area (Å²) < 4.78 is 160. The highest BCUT2D eigenvalue weighted by Gasteiger charge is 2.39. The highest BCUT2D eigenvalue weighted by molar-refractivity contribution is 6.09. The van der Waals surface area contributed by atoms with Gasteiger partial charge in [-0.1, -0.05) is 104 Å².